The highest BCUT2D eigenvalue weighted by molar-refractivity contribution is 7.89. The lowest BCUT2D eigenvalue weighted by Gasteiger charge is -2.14. The molecule has 0 aromatic carbocycles. The Bertz CT molecular complexity index is 754. The highest BCUT2D eigenvalue weighted by Crippen LogP contribution is 2.28. The fraction of sp³-hybridized carbons (Fsp3) is 0.231. The molecule has 0 spiro atoms. The highest BCUT2D eigenvalue weighted by atomic mass is 32.2. The van der Waals surface area contributed by atoms with E-state index in [4.69, 9.17) is 5.11 Å². The summed E-state index contributed by atoms with van der Waals surface area (Å²) < 4.78 is 27.3. The first kappa shape index (κ1) is 15.6. The molecule has 2 heterocycles. The minimum absolute atomic E-state index is 0.178. The van der Waals surface area contributed by atoms with Gasteiger partial charge in [-0.1, -0.05) is 6.07 Å². The van der Waals surface area contributed by atoms with Gasteiger partial charge < -0.3 is 5.11 Å². The Morgan fingerprint density at radius 2 is 2.14 bits per heavy atom. The molecule has 0 bridgehead atoms. The van der Waals surface area contributed by atoms with Crippen LogP contribution in [0.25, 0.3) is 0 Å². The minimum atomic E-state index is -3.93. The van der Waals surface area contributed by atoms with E-state index in [0.717, 1.165) is 11.3 Å². The van der Waals surface area contributed by atoms with Gasteiger partial charge in [-0.2, -0.15) is 0 Å². The number of thiophene rings is 1. The second-order valence-electron chi connectivity index (χ2n) is 4.48. The molecule has 112 valence electrons. The lowest BCUT2D eigenvalue weighted by atomic mass is 10.2. The number of rotatable bonds is 5. The van der Waals surface area contributed by atoms with Crippen molar-refractivity contribution in [2.24, 2.45) is 0 Å². The number of nitrogens with one attached hydrogen (secondary N) is 1. The number of carbonyl (C=O) groups is 1. The molecule has 0 amide bonds. The monoisotopic (exact) mass is 326 g/mol. The van der Waals surface area contributed by atoms with Crippen LogP contribution in [0.4, 0.5) is 0 Å². The second kappa shape index (κ2) is 5.92. The van der Waals surface area contributed by atoms with E-state index in [0.29, 0.717) is 11.3 Å². The van der Waals surface area contributed by atoms with Crippen LogP contribution in [0.1, 0.15) is 33.9 Å². The maximum absolute atomic E-state index is 12.4. The molecule has 0 aliphatic carbocycles. The minimum Gasteiger partial charge on any atom is -0.477 e. The van der Waals surface area contributed by atoms with Crippen LogP contribution in [0.5, 0.6) is 0 Å². The number of carboxylic acid groups (broad SMARTS) is 1. The molecule has 8 heteroatoms. The van der Waals surface area contributed by atoms with Gasteiger partial charge in [0, 0.05) is 6.20 Å². The zero-order valence-corrected chi connectivity index (χ0v) is 13.0. The molecular formula is C13H14N2O4S2. The van der Waals surface area contributed by atoms with E-state index in [-0.39, 0.29) is 9.77 Å². The Hall–Kier alpha value is -1.77. The summed E-state index contributed by atoms with van der Waals surface area (Å²) in [5.74, 6) is -1.25. The number of aromatic carboxylic acids is 1. The molecule has 0 aliphatic rings. The molecule has 2 aromatic heterocycles. The van der Waals surface area contributed by atoms with Gasteiger partial charge in [-0.3, -0.25) is 4.98 Å². The van der Waals surface area contributed by atoms with Crippen LogP contribution in [-0.4, -0.2) is 24.5 Å². The molecule has 1 unspecified atom stereocenters. The van der Waals surface area contributed by atoms with Crippen LogP contribution in [0.3, 0.4) is 0 Å². The highest BCUT2D eigenvalue weighted by Gasteiger charge is 2.28. The molecule has 2 aromatic rings. The van der Waals surface area contributed by atoms with Crippen LogP contribution in [-0.2, 0) is 10.0 Å². The normalized spacial score (nSPS) is 13.0. The van der Waals surface area contributed by atoms with Crippen LogP contribution < -0.4 is 4.72 Å². The van der Waals surface area contributed by atoms with Crippen molar-refractivity contribution in [3.8, 4) is 0 Å². The van der Waals surface area contributed by atoms with Gasteiger partial charge in [0.2, 0.25) is 10.0 Å². The lowest BCUT2D eigenvalue weighted by molar-refractivity contribution is 0.0698. The predicted molar refractivity (Wildman–Crippen MR) is 79.0 cm³/mol. The average molecular weight is 326 g/mol. The molecule has 0 aliphatic heterocycles. The summed E-state index contributed by atoms with van der Waals surface area (Å²) in [4.78, 5) is 14.9. The third kappa shape index (κ3) is 3.29. The van der Waals surface area contributed by atoms with Crippen molar-refractivity contribution in [1.29, 1.82) is 0 Å². The van der Waals surface area contributed by atoms with Gasteiger partial charge >= 0.3 is 5.97 Å². The molecule has 0 saturated carbocycles. The van der Waals surface area contributed by atoms with E-state index >= 15 is 0 Å². The van der Waals surface area contributed by atoms with E-state index in [1.54, 1.807) is 38.2 Å². The summed E-state index contributed by atoms with van der Waals surface area (Å²) >= 11 is 0.900. The van der Waals surface area contributed by atoms with Crippen molar-refractivity contribution in [2.45, 2.75) is 24.8 Å². The zero-order chi connectivity index (χ0) is 15.6. The van der Waals surface area contributed by atoms with Crippen LogP contribution in [0, 0.1) is 6.92 Å². The SMILES string of the molecule is Cc1csc(C(=O)O)c1S(=O)(=O)NC(C)c1ccccn1. The smallest absolute Gasteiger partial charge is 0.347 e. The first-order valence-corrected chi connectivity index (χ1v) is 8.44. The molecule has 21 heavy (non-hydrogen) atoms. The standard InChI is InChI=1S/C13H14N2O4S2/c1-8-7-20-11(13(16)17)12(8)21(18,19)15-9(2)10-5-3-4-6-14-10/h3-7,9,15H,1-2H3,(H,16,17). The predicted octanol–water partition coefficient (Wildman–Crippen LogP) is 2.19. The first-order chi connectivity index (χ1) is 9.83. The third-order valence-corrected chi connectivity index (χ3v) is 5.79. The molecule has 1 atom stereocenters. The fourth-order valence-electron chi connectivity index (χ4n) is 1.90. The Kier molecular flexibility index (Phi) is 4.40. The number of aromatic nitrogens is 1. The third-order valence-electron chi connectivity index (χ3n) is 2.84. The van der Waals surface area contributed by atoms with Crippen molar-refractivity contribution in [3.63, 3.8) is 0 Å². The summed E-state index contributed by atoms with van der Waals surface area (Å²) in [7, 11) is -3.93. The van der Waals surface area contributed by atoms with Gasteiger partial charge in [0.25, 0.3) is 0 Å². The number of aryl methyl sites for hydroxylation is 1. The van der Waals surface area contributed by atoms with Gasteiger partial charge in [0.1, 0.15) is 9.77 Å². The number of carboxylic acids is 1. The summed E-state index contributed by atoms with van der Waals surface area (Å²) in [5, 5.41) is 10.6. The van der Waals surface area contributed by atoms with E-state index in [1.165, 1.54) is 5.38 Å². The van der Waals surface area contributed by atoms with E-state index in [1.807, 2.05) is 0 Å². The molecular weight excluding hydrogens is 312 g/mol. The lowest BCUT2D eigenvalue weighted by Crippen LogP contribution is -2.28. The topological polar surface area (TPSA) is 96.4 Å². The van der Waals surface area contributed by atoms with Gasteiger partial charge in [0.15, 0.2) is 0 Å². The van der Waals surface area contributed by atoms with Gasteiger partial charge in [-0.15, -0.1) is 11.3 Å². The van der Waals surface area contributed by atoms with E-state index in [9.17, 15) is 13.2 Å². The Balaban J connectivity index is 2.36. The summed E-state index contributed by atoms with van der Waals surface area (Å²) in [6, 6.07) is 4.63. The van der Waals surface area contributed by atoms with Crippen molar-refractivity contribution in [3.05, 3.63) is 45.9 Å². The van der Waals surface area contributed by atoms with Crippen molar-refractivity contribution in [2.75, 3.05) is 0 Å². The van der Waals surface area contributed by atoms with Gasteiger partial charge in [-0.05, 0) is 36.9 Å². The molecule has 0 fully saturated rings. The van der Waals surface area contributed by atoms with Crippen LogP contribution >= 0.6 is 11.3 Å². The largest absolute Gasteiger partial charge is 0.477 e. The number of sulfonamides is 1. The molecule has 2 rings (SSSR count). The molecule has 2 N–H and O–H groups in total. The maximum atomic E-state index is 12.4. The van der Waals surface area contributed by atoms with E-state index in [2.05, 4.69) is 9.71 Å². The molecule has 0 radical (unpaired) electrons. The summed E-state index contributed by atoms with van der Waals surface area (Å²) in [6.45, 7) is 3.23. The number of pyridine rings is 1. The average Bonchev–Trinajstić information content (AvgIpc) is 2.82. The Labute approximate surface area is 126 Å². The summed E-state index contributed by atoms with van der Waals surface area (Å²) in [6.07, 6.45) is 1.57. The number of hydrogen-bond acceptors (Lipinski definition) is 5. The molecule has 6 nitrogen and oxygen atoms in total. The summed E-state index contributed by atoms with van der Waals surface area (Å²) in [5.41, 5.74) is 0.976. The van der Waals surface area contributed by atoms with Crippen LogP contribution in [0.15, 0.2) is 34.7 Å². The van der Waals surface area contributed by atoms with Crippen molar-refractivity contribution >= 4 is 27.3 Å². The van der Waals surface area contributed by atoms with Crippen LogP contribution in [0.2, 0.25) is 0 Å². The van der Waals surface area contributed by atoms with Crippen molar-refractivity contribution < 1.29 is 18.3 Å². The first-order valence-electron chi connectivity index (χ1n) is 6.07. The zero-order valence-electron chi connectivity index (χ0n) is 11.4. The van der Waals surface area contributed by atoms with Gasteiger partial charge in [0.05, 0.1) is 11.7 Å². The van der Waals surface area contributed by atoms with E-state index < -0.39 is 22.0 Å². The molecule has 0 saturated heterocycles. The second-order valence-corrected chi connectivity index (χ2v) is 7.01. The number of hydrogen-bond donors (Lipinski definition) is 2. The fourth-order valence-corrected chi connectivity index (χ4v) is 4.75. The van der Waals surface area contributed by atoms with Crippen molar-refractivity contribution in [1.82, 2.24) is 9.71 Å². The Morgan fingerprint density at radius 3 is 2.71 bits per heavy atom. The maximum Gasteiger partial charge on any atom is 0.347 e. The van der Waals surface area contributed by atoms with Gasteiger partial charge in [-0.25, -0.2) is 17.9 Å². The number of nitrogens with zero attached hydrogens (tertiary/aromatic N) is 1. The quantitative estimate of drug-likeness (QED) is 0.878. The Morgan fingerprint density at radius 1 is 1.43 bits per heavy atom.